The lowest BCUT2D eigenvalue weighted by atomic mass is 10.2. The molecule has 0 saturated heterocycles. The molecule has 0 saturated carbocycles. The van der Waals surface area contributed by atoms with Crippen LogP contribution in [0.3, 0.4) is 0 Å². The third-order valence-electron chi connectivity index (χ3n) is 2.96. The highest BCUT2D eigenvalue weighted by Gasteiger charge is 2.04. The molecule has 0 aliphatic rings. The summed E-state index contributed by atoms with van der Waals surface area (Å²) in [6.07, 6.45) is 4.79. The number of methoxy groups -OCH3 is 1. The van der Waals surface area contributed by atoms with Crippen LogP contribution in [0.25, 0.3) is 0 Å². The van der Waals surface area contributed by atoms with E-state index in [9.17, 15) is 14.7 Å². The first-order chi connectivity index (χ1) is 12.0. The van der Waals surface area contributed by atoms with E-state index in [0.717, 1.165) is 12.8 Å². The molecule has 2 amide bonds. The van der Waals surface area contributed by atoms with E-state index in [2.05, 4.69) is 10.6 Å². The van der Waals surface area contributed by atoms with Crippen LogP contribution >= 0.6 is 0 Å². The Bertz CT molecular complexity index is 448. The number of hydrogen-bond acceptors (Lipinski definition) is 6. The summed E-state index contributed by atoms with van der Waals surface area (Å²) in [6.45, 7) is 5.09. The summed E-state index contributed by atoms with van der Waals surface area (Å²) in [5.41, 5.74) is 0.652. The molecule has 0 radical (unpaired) electrons. The second-order valence-corrected chi connectivity index (χ2v) is 5.23. The average molecular weight is 358 g/mol. The van der Waals surface area contributed by atoms with Crippen molar-refractivity contribution in [2.24, 2.45) is 0 Å². The fourth-order valence-electron chi connectivity index (χ4n) is 1.74. The molecule has 0 heterocycles. The number of carbonyl (C=O) groups is 2. The number of aliphatic hydroxyl groups is 1. The van der Waals surface area contributed by atoms with E-state index in [4.69, 9.17) is 14.2 Å². The molecule has 25 heavy (non-hydrogen) atoms. The van der Waals surface area contributed by atoms with Crippen LogP contribution in [0.2, 0.25) is 0 Å². The zero-order valence-electron chi connectivity index (χ0n) is 15.3. The third kappa shape index (κ3) is 13.9. The van der Waals surface area contributed by atoms with E-state index in [0.29, 0.717) is 25.1 Å². The smallest absolute Gasteiger partial charge is 0.407 e. The van der Waals surface area contributed by atoms with Gasteiger partial charge in [0.25, 0.3) is 0 Å². The molecule has 0 spiro atoms. The van der Waals surface area contributed by atoms with Gasteiger partial charge in [-0.15, -0.1) is 0 Å². The number of hydrogen-bond donors (Lipinski definition) is 3. The van der Waals surface area contributed by atoms with Gasteiger partial charge in [-0.3, -0.25) is 4.79 Å². The predicted octanol–water partition coefficient (Wildman–Crippen LogP) is 2.03. The molecule has 144 valence electrons. The van der Waals surface area contributed by atoms with Crippen molar-refractivity contribution in [1.29, 1.82) is 0 Å². The summed E-state index contributed by atoms with van der Waals surface area (Å²) in [6, 6.07) is 0. The molecule has 0 aromatic rings. The lowest BCUT2D eigenvalue weighted by Gasteiger charge is -2.08. The summed E-state index contributed by atoms with van der Waals surface area (Å²) >= 11 is 0. The first kappa shape index (κ1) is 22.8. The molecule has 0 fully saturated rings. The number of unbranched alkanes of at least 4 members (excludes halogenated alkanes) is 1. The number of allylic oxidation sites excluding steroid dienone is 1. The van der Waals surface area contributed by atoms with Crippen LogP contribution in [-0.4, -0.2) is 57.1 Å². The number of ether oxygens (including phenoxy) is 3. The molecule has 3 N–H and O–H groups in total. The summed E-state index contributed by atoms with van der Waals surface area (Å²) < 4.78 is 14.8. The Balaban J connectivity index is 3.55. The normalized spacial score (nSPS) is 11.8. The summed E-state index contributed by atoms with van der Waals surface area (Å²) in [7, 11) is 1.48. The Morgan fingerprint density at radius 1 is 1.12 bits per heavy atom. The van der Waals surface area contributed by atoms with E-state index < -0.39 is 6.09 Å². The van der Waals surface area contributed by atoms with Crippen molar-refractivity contribution in [3.8, 4) is 0 Å². The lowest BCUT2D eigenvalue weighted by molar-refractivity contribution is -0.117. The summed E-state index contributed by atoms with van der Waals surface area (Å²) in [4.78, 5) is 23.0. The van der Waals surface area contributed by atoms with Gasteiger partial charge in [0.1, 0.15) is 19.5 Å². The number of aliphatic hydroxyl groups excluding tert-OH is 1. The lowest BCUT2D eigenvalue weighted by Crippen LogP contribution is -2.31. The quantitative estimate of drug-likeness (QED) is 0.264. The van der Waals surface area contributed by atoms with E-state index in [1.54, 1.807) is 6.92 Å². The van der Waals surface area contributed by atoms with Crippen molar-refractivity contribution in [3.63, 3.8) is 0 Å². The average Bonchev–Trinajstić information content (AvgIpc) is 2.58. The van der Waals surface area contributed by atoms with Gasteiger partial charge in [-0.2, -0.15) is 0 Å². The molecular formula is C17H30N2O6. The fraction of sp³-hybridized carbons (Fsp3) is 0.647. The van der Waals surface area contributed by atoms with Crippen molar-refractivity contribution in [2.45, 2.75) is 33.1 Å². The molecule has 0 aromatic carbocycles. The molecule has 0 aliphatic carbocycles. The van der Waals surface area contributed by atoms with Gasteiger partial charge in [0.05, 0.1) is 13.2 Å². The van der Waals surface area contributed by atoms with Crippen molar-refractivity contribution >= 4 is 12.0 Å². The number of nitrogens with one attached hydrogen (secondary N) is 2. The Labute approximate surface area is 149 Å². The molecule has 8 nitrogen and oxygen atoms in total. The number of carbonyl (C=O) groups excluding carboxylic acids is 2. The highest BCUT2D eigenvalue weighted by atomic mass is 16.5. The Morgan fingerprint density at radius 3 is 2.56 bits per heavy atom. The van der Waals surface area contributed by atoms with Gasteiger partial charge in [0.2, 0.25) is 5.91 Å². The van der Waals surface area contributed by atoms with Crippen molar-refractivity contribution in [1.82, 2.24) is 10.6 Å². The van der Waals surface area contributed by atoms with Crippen LogP contribution in [0.5, 0.6) is 0 Å². The molecule has 0 unspecified atom stereocenters. The molecule has 0 aliphatic heterocycles. The van der Waals surface area contributed by atoms with Crippen LogP contribution in [0, 0.1) is 0 Å². The van der Waals surface area contributed by atoms with Crippen LogP contribution in [0.15, 0.2) is 23.7 Å². The fourth-order valence-corrected chi connectivity index (χ4v) is 1.74. The van der Waals surface area contributed by atoms with Crippen molar-refractivity contribution in [2.75, 3.05) is 40.0 Å². The summed E-state index contributed by atoms with van der Waals surface area (Å²) in [5.74, 6) is -0.131. The van der Waals surface area contributed by atoms with E-state index >= 15 is 0 Å². The van der Waals surface area contributed by atoms with Gasteiger partial charge in [-0.25, -0.2) is 4.79 Å². The van der Waals surface area contributed by atoms with E-state index in [1.165, 1.54) is 13.4 Å². The highest BCUT2D eigenvalue weighted by Crippen LogP contribution is 1.95. The van der Waals surface area contributed by atoms with Crippen LogP contribution in [-0.2, 0) is 19.0 Å². The topological polar surface area (TPSA) is 106 Å². The SMILES string of the molecule is CC/C=C(\C)C(=O)NCCOC(=O)NCCCCO/C=C(\O)COC. The molecule has 0 rings (SSSR count). The Morgan fingerprint density at radius 2 is 1.88 bits per heavy atom. The van der Waals surface area contributed by atoms with Crippen LogP contribution < -0.4 is 10.6 Å². The monoisotopic (exact) mass is 358 g/mol. The summed E-state index contributed by atoms with van der Waals surface area (Å²) in [5, 5.41) is 14.5. The second-order valence-electron chi connectivity index (χ2n) is 5.23. The zero-order chi connectivity index (χ0) is 18.9. The minimum Gasteiger partial charge on any atom is -0.507 e. The minimum atomic E-state index is -0.520. The minimum absolute atomic E-state index is 0.0247. The van der Waals surface area contributed by atoms with Crippen LogP contribution in [0.1, 0.15) is 33.1 Å². The van der Waals surface area contributed by atoms with Gasteiger partial charge in [0.15, 0.2) is 5.76 Å². The highest BCUT2D eigenvalue weighted by molar-refractivity contribution is 5.92. The number of alkyl carbamates (subject to hydrolysis) is 1. The first-order valence-corrected chi connectivity index (χ1v) is 8.35. The van der Waals surface area contributed by atoms with E-state index in [-0.39, 0.29) is 31.4 Å². The molecule has 0 atom stereocenters. The first-order valence-electron chi connectivity index (χ1n) is 8.35. The van der Waals surface area contributed by atoms with Crippen LogP contribution in [0.4, 0.5) is 4.79 Å². The Kier molecular flexibility index (Phi) is 14.0. The molecule has 0 bridgehead atoms. The molecular weight excluding hydrogens is 328 g/mol. The van der Waals surface area contributed by atoms with Gasteiger partial charge in [-0.05, 0) is 26.2 Å². The van der Waals surface area contributed by atoms with Gasteiger partial charge >= 0.3 is 6.09 Å². The maximum atomic E-state index is 11.6. The maximum absolute atomic E-state index is 11.6. The van der Waals surface area contributed by atoms with Crippen molar-refractivity contribution in [3.05, 3.63) is 23.7 Å². The molecule has 0 aromatic heterocycles. The van der Waals surface area contributed by atoms with Gasteiger partial charge in [-0.1, -0.05) is 13.0 Å². The largest absolute Gasteiger partial charge is 0.507 e. The number of rotatable bonds is 13. The van der Waals surface area contributed by atoms with Crippen molar-refractivity contribution < 1.29 is 28.9 Å². The second kappa shape index (κ2) is 15.3. The maximum Gasteiger partial charge on any atom is 0.407 e. The standard InChI is InChI=1S/C17H30N2O6/c1-4-7-14(2)16(21)18-9-11-25-17(22)19-8-5-6-10-24-13-15(20)12-23-3/h7,13,20H,4-6,8-12H2,1-3H3,(H,18,21)(H,19,22)/b14-7+,15-13-. The van der Waals surface area contributed by atoms with Gasteiger partial charge in [0, 0.05) is 19.2 Å². The van der Waals surface area contributed by atoms with E-state index in [1.807, 2.05) is 13.0 Å². The predicted molar refractivity (Wildman–Crippen MR) is 94.2 cm³/mol. The number of amides is 2. The van der Waals surface area contributed by atoms with Gasteiger partial charge < -0.3 is 30.0 Å². The Hall–Kier alpha value is -2.22. The third-order valence-corrected chi connectivity index (χ3v) is 2.96. The zero-order valence-corrected chi connectivity index (χ0v) is 15.3. The molecule has 8 heteroatoms.